The molecule has 2 heteroatoms. The first kappa shape index (κ1) is 59.7. The summed E-state index contributed by atoms with van der Waals surface area (Å²) >= 11 is 0. The summed E-state index contributed by atoms with van der Waals surface area (Å²) in [5.41, 5.74) is 24.5. The van der Waals surface area contributed by atoms with Crippen molar-refractivity contribution >= 4 is 130 Å². The average Bonchev–Trinajstić information content (AvgIpc) is 1.40. The van der Waals surface area contributed by atoms with E-state index in [1.807, 2.05) is 0 Å². The summed E-state index contributed by atoms with van der Waals surface area (Å²) in [4.78, 5) is 0. The van der Waals surface area contributed by atoms with Gasteiger partial charge in [0.05, 0.1) is 0 Å². The predicted octanol–water partition coefficient (Wildman–Crippen LogP) is 29.7. The van der Waals surface area contributed by atoms with Gasteiger partial charge in [0.2, 0.25) is 0 Å². The topological polar surface area (TPSA) is 26.3 Å². The lowest BCUT2D eigenvalue weighted by Crippen LogP contribution is -1.92. The lowest BCUT2D eigenvalue weighted by atomic mass is 9.84. The SMILES string of the molecule is c1ccc(-c2ccc(-c3c4ccccc4c(-c4cccc(-c5cc(-c6cccc(-c7cccc(-c8c9ccccc9c(-c9cccc(-c%10ccc%11oc%12c%13ccccc%13c%13ccccc%13c%12c%11c%10)c9)c9ccccc89)c7)c6)c6oc7c8ccccc8c8ccccc8c7c6c5)c4)c4ccccc34)cc2)cc1. The fourth-order valence-corrected chi connectivity index (χ4v) is 17.9. The lowest BCUT2D eigenvalue weighted by molar-refractivity contribution is 0.673. The minimum atomic E-state index is 0.866. The second kappa shape index (κ2) is 23.8. The third-order valence-electron chi connectivity index (χ3n) is 22.6. The zero-order valence-corrected chi connectivity index (χ0v) is 57.6. The second-order valence-electron chi connectivity index (χ2n) is 28.4. The van der Waals surface area contributed by atoms with Crippen LogP contribution in [0.15, 0.2) is 385 Å². The number of rotatable bonds is 9. The van der Waals surface area contributed by atoms with Crippen LogP contribution in [0.25, 0.3) is 230 Å². The number of hydrogen-bond acceptors (Lipinski definition) is 2. The van der Waals surface area contributed by atoms with Gasteiger partial charge in [0.15, 0.2) is 0 Å². The summed E-state index contributed by atoms with van der Waals surface area (Å²) in [6, 6.07) is 139. The Bertz CT molecular complexity index is 7320. The Morgan fingerprint density at radius 1 is 0.132 bits per heavy atom. The Labute approximate surface area is 611 Å². The van der Waals surface area contributed by atoms with E-state index in [9.17, 15) is 0 Å². The quantitative estimate of drug-likeness (QED) is 0.106. The van der Waals surface area contributed by atoms with Gasteiger partial charge in [-0.2, -0.15) is 0 Å². The molecule has 0 spiro atoms. The molecule has 0 fully saturated rings. The van der Waals surface area contributed by atoms with Crippen LogP contribution in [-0.2, 0) is 0 Å². The maximum absolute atomic E-state index is 7.44. The van der Waals surface area contributed by atoms with Gasteiger partial charge in [-0.15, -0.1) is 0 Å². The van der Waals surface area contributed by atoms with Gasteiger partial charge in [-0.25, -0.2) is 0 Å². The standard InChI is InChI=1S/C104H62O2/c1-2-24-63(25-3-1)64-50-52-65(53-51-64)96-82-40-10-12-42-84(82)99(85-43-13-11-41-83(85)96)74-33-23-29-69(59-74)75-61-92(102-94(62-75)101-81-39-9-5-35-77(81)79-37-7-19-49-91(79)104(101)106-102)71-30-20-26-66(56-71)67-27-21-31-72(57-67)97-86-44-14-16-46-88(86)98(89-47-17-15-45-87(89)97)73-32-22-28-68(58-73)70-54-55-95-93(60-70)100-80-38-8-4-34-76(80)78-36-6-18-48-90(78)103(100)105-95/h1-62H. The summed E-state index contributed by atoms with van der Waals surface area (Å²) in [6.45, 7) is 0. The normalized spacial score (nSPS) is 12.0. The summed E-state index contributed by atoms with van der Waals surface area (Å²) in [5, 5.41) is 23.6. The Hall–Kier alpha value is -13.9. The smallest absolute Gasteiger partial charge is 0.143 e. The lowest BCUT2D eigenvalue weighted by Gasteiger charge is -2.19. The fourth-order valence-electron chi connectivity index (χ4n) is 17.9. The molecule has 0 aliphatic rings. The van der Waals surface area contributed by atoms with Crippen molar-refractivity contribution < 1.29 is 8.83 Å². The largest absolute Gasteiger partial charge is 0.455 e. The number of fused-ring (bicyclic) bond motifs is 20. The molecule has 2 nitrogen and oxygen atoms in total. The van der Waals surface area contributed by atoms with E-state index in [0.29, 0.717) is 0 Å². The Morgan fingerprint density at radius 3 is 0.868 bits per heavy atom. The third kappa shape index (κ3) is 9.31. The predicted molar refractivity (Wildman–Crippen MR) is 450 cm³/mol. The maximum atomic E-state index is 7.44. The Kier molecular flexibility index (Phi) is 13.4. The van der Waals surface area contributed by atoms with Crippen molar-refractivity contribution in [1.82, 2.24) is 0 Å². The summed E-state index contributed by atoms with van der Waals surface area (Å²) < 4.78 is 14.2. The van der Waals surface area contributed by atoms with Crippen LogP contribution in [0.1, 0.15) is 0 Å². The Morgan fingerprint density at radius 2 is 0.415 bits per heavy atom. The van der Waals surface area contributed by atoms with Crippen LogP contribution in [0.3, 0.4) is 0 Å². The van der Waals surface area contributed by atoms with Crippen LogP contribution >= 0.6 is 0 Å². The van der Waals surface area contributed by atoms with Crippen molar-refractivity contribution in [2.75, 3.05) is 0 Å². The van der Waals surface area contributed by atoms with Gasteiger partial charge in [0, 0.05) is 37.9 Å². The first-order chi connectivity index (χ1) is 52.6. The van der Waals surface area contributed by atoms with Crippen molar-refractivity contribution in [3.63, 3.8) is 0 Å². The molecule has 0 N–H and O–H groups in total. The molecule has 0 aliphatic heterocycles. The highest BCUT2D eigenvalue weighted by Crippen LogP contribution is 2.51. The molecule has 0 atom stereocenters. The molecule has 2 aromatic heterocycles. The molecule has 0 saturated carbocycles. The van der Waals surface area contributed by atoms with Gasteiger partial charge in [-0.05, 0) is 219 Å². The van der Waals surface area contributed by atoms with Crippen LogP contribution in [0.2, 0.25) is 0 Å². The minimum absolute atomic E-state index is 0.866. The molecule has 106 heavy (non-hydrogen) atoms. The highest BCUT2D eigenvalue weighted by Gasteiger charge is 2.25. The summed E-state index contributed by atoms with van der Waals surface area (Å²) in [5.74, 6) is 0. The van der Waals surface area contributed by atoms with Gasteiger partial charge < -0.3 is 8.83 Å². The minimum Gasteiger partial charge on any atom is -0.455 e. The van der Waals surface area contributed by atoms with E-state index >= 15 is 0 Å². The monoisotopic (exact) mass is 1340 g/mol. The summed E-state index contributed by atoms with van der Waals surface area (Å²) in [6.07, 6.45) is 0. The average molecular weight is 1340 g/mol. The molecular weight excluding hydrogens is 1280 g/mol. The van der Waals surface area contributed by atoms with Gasteiger partial charge in [-0.3, -0.25) is 0 Å². The molecule has 490 valence electrons. The first-order valence-corrected chi connectivity index (χ1v) is 36.6. The van der Waals surface area contributed by atoms with Gasteiger partial charge in [-0.1, -0.05) is 328 Å². The molecule has 0 unspecified atom stereocenters. The maximum Gasteiger partial charge on any atom is 0.143 e. The molecule has 0 aliphatic carbocycles. The summed E-state index contributed by atoms with van der Waals surface area (Å²) in [7, 11) is 0. The van der Waals surface area contributed by atoms with E-state index < -0.39 is 0 Å². The molecule has 0 radical (unpaired) electrons. The van der Waals surface area contributed by atoms with E-state index in [-0.39, 0.29) is 0 Å². The zero-order valence-electron chi connectivity index (χ0n) is 57.6. The van der Waals surface area contributed by atoms with E-state index in [4.69, 9.17) is 8.83 Å². The van der Waals surface area contributed by atoms with Crippen LogP contribution in [0.5, 0.6) is 0 Å². The third-order valence-corrected chi connectivity index (χ3v) is 22.6. The molecule has 0 saturated heterocycles. The van der Waals surface area contributed by atoms with Crippen molar-refractivity contribution in [2.24, 2.45) is 0 Å². The van der Waals surface area contributed by atoms with E-state index in [0.717, 1.165) is 110 Å². The van der Waals surface area contributed by atoms with Crippen LogP contribution in [0.4, 0.5) is 0 Å². The van der Waals surface area contributed by atoms with Gasteiger partial charge >= 0.3 is 0 Å². The first-order valence-electron chi connectivity index (χ1n) is 36.6. The highest BCUT2D eigenvalue weighted by molar-refractivity contribution is 6.33. The highest BCUT2D eigenvalue weighted by atomic mass is 16.3. The zero-order chi connectivity index (χ0) is 69.5. The van der Waals surface area contributed by atoms with Crippen molar-refractivity contribution in [3.8, 4) is 100 Å². The molecule has 22 rings (SSSR count). The molecule has 20 aromatic carbocycles. The fraction of sp³-hybridized carbons (Fsp3) is 0. The van der Waals surface area contributed by atoms with Crippen LogP contribution < -0.4 is 0 Å². The van der Waals surface area contributed by atoms with Crippen molar-refractivity contribution in [1.29, 1.82) is 0 Å². The number of hydrogen-bond donors (Lipinski definition) is 0. The molecular formula is C104H62O2. The van der Waals surface area contributed by atoms with Crippen LogP contribution in [0, 0.1) is 0 Å². The second-order valence-corrected chi connectivity index (χ2v) is 28.4. The number of benzene rings is 20. The molecule has 22 aromatic rings. The molecule has 0 amide bonds. The Balaban J connectivity index is 0.676. The van der Waals surface area contributed by atoms with Crippen molar-refractivity contribution in [2.45, 2.75) is 0 Å². The molecule has 2 heterocycles. The number of furan rings is 2. The van der Waals surface area contributed by atoms with Crippen LogP contribution in [-0.4, -0.2) is 0 Å². The van der Waals surface area contributed by atoms with Gasteiger partial charge in [0.25, 0.3) is 0 Å². The van der Waals surface area contributed by atoms with E-state index in [1.165, 1.54) is 120 Å². The molecule has 0 bridgehead atoms. The van der Waals surface area contributed by atoms with E-state index in [1.54, 1.807) is 0 Å². The van der Waals surface area contributed by atoms with Crippen molar-refractivity contribution in [3.05, 3.63) is 376 Å². The van der Waals surface area contributed by atoms with Gasteiger partial charge in [0.1, 0.15) is 22.3 Å². The van der Waals surface area contributed by atoms with E-state index in [2.05, 4.69) is 376 Å².